The van der Waals surface area contributed by atoms with Crippen molar-refractivity contribution in [3.05, 3.63) is 36.5 Å². The highest BCUT2D eigenvalue weighted by atomic mass is 32.2. The third-order valence-electron chi connectivity index (χ3n) is 3.86. The minimum absolute atomic E-state index is 0.121. The molecule has 3 aromatic rings. The van der Waals surface area contributed by atoms with E-state index in [1.807, 2.05) is 6.92 Å². The predicted molar refractivity (Wildman–Crippen MR) is 97.8 cm³/mol. The second-order valence-electron chi connectivity index (χ2n) is 5.67. The highest BCUT2D eigenvalue weighted by molar-refractivity contribution is 8.00. The quantitative estimate of drug-likeness (QED) is 0.687. The maximum atomic E-state index is 12.6. The van der Waals surface area contributed by atoms with E-state index in [4.69, 9.17) is 13.9 Å². The Morgan fingerprint density at radius 3 is 2.92 bits per heavy atom. The number of hydrogen-bond acceptors (Lipinski definition) is 7. The molecule has 0 spiro atoms. The smallest absolute Gasteiger partial charge is 0.259 e. The summed E-state index contributed by atoms with van der Waals surface area (Å²) in [5.41, 5.74) is 1.81. The summed E-state index contributed by atoms with van der Waals surface area (Å²) in [5, 5.41) is 3.01. The molecule has 0 unspecified atom stereocenters. The molecule has 1 aliphatic heterocycles. The molecule has 7 nitrogen and oxygen atoms in total. The molecule has 0 aliphatic carbocycles. The molecule has 1 aliphatic rings. The largest absolute Gasteiger partial charge is 0.486 e. The summed E-state index contributed by atoms with van der Waals surface area (Å²) >= 11 is 1.28. The van der Waals surface area contributed by atoms with Crippen molar-refractivity contribution in [1.82, 2.24) is 9.97 Å². The third kappa shape index (κ3) is 3.45. The van der Waals surface area contributed by atoms with Gasteiger partial charge in [-0.2, -0.15) is 4.98 Å². The van der Waals surface area contributed by atoms with Gasteiger partial charge in [-0.15, -0.1) is 0 Å². The van der Waals surface area contributed by atoms with Crippen LogP contribution in [0.3, 0.4) is 0 Å². The topological polar surface area (TPSA) is 86.5 Å². The molecule has 4 rings (SSSR count). The van der Waals surface area contributed by atoms with Crippen LogP contribution in [-0.2, 0) is 4.79 Å². The van der Waals surface area contributed by atoms with Crippen molar-refractivity contribution in [3.8, 4) is 11.5 Å². The summed E-state index contributed by atoms with van der Waals surface area (Å²) < 4.78 is 16.7. The maximum Gasteiger partial charge on any atom is 0.259 e. The Labute approximate surface area is 154 Å². The lowest BCUT2D eigenvalue weighted by Crippen LogP contribution is -2.24. The Bertz CT molecular complexity index is 910. The number of ether oxygens (including phenoxy) is 2. The van der Waals surface area contributed by atoms with E-state index in [1.165, 1.54) is 11.8 Å². The highest BCUT2D eigenvalue weighted by Gasteiger charge is 2.22. The normalized spacial score (nSPS) is 14.2. The number of pyridine rings is 1. The Hall–Kier alpha value is -2.74. The first-order chi connectivity index (χ1) is 12.7. The van der Waals surface area contributed by atoms with Crippen molar-refractivity contribution in [2.75, 3.05) is 18.5 Å². The Balaban J connectivity index is 1.46. The number of carbonyl (C=O) groups excluding carboxylic acids is 1. The van der Waals surface area contributed by atoms with Crippen LogP contribution in [0.25, 0.3) is 11.2 Å². The number of aromatic nitrogens is 2. The molecule has 1 aromatic carbocycles. The molecule has 0 radical (unpaired) electrons. The Morgan fingerprint density at radius 1 is 1.27 bits per heavy atom. The van der Waals surface area contributed by atoms with Crippen LogP contribution in [0.1, 0.15) is 13.3 Å². The first kappa shape index (κ1) is 16.7. The van der Waals surface area contributed by atoms with Crippen LogP contribution < -0.4 is 14.8 Å². The van der Waals surface area contributed by atoms with Gasteiger partial charge in [-0.3, -0.25) is 4.79 Å². The zero-order chi connectivity index (χ0) is 17.9. The average molecular weight is 371 g/mol. The molecule has 2 aromatic heterocycles. The highest BCUT2D eigenvalue weighted by Crippen LogP contribution is 2.33. The molecule has 3 heterocycles. The van der Waals surface area contributed by atoms with Crippen LogP contribution in [0, 0.1) is 0 Å². The molecule has 8 heteroatoms. The van der Waals surface area contributed by atoms with Crippen LogP contribution in [0.4, 0.5) is 5.69 Å². The van der Waals surface area contributed by atoms with Gasteiger partial charge in [0.1, 0.15) is 13.2 Å². The number of nitrogens with zero attached hydrogens (tertiary/aromatic N) is 2. The molecule has 1 N–H and O–H groups in total. The summed E-state index contributed by atoms with van der Waals surface area (Å²) in [6, 6.07) is 8.95. The van der Waals surface area contributed by atoms with Crippen LogP contribution >= 0.6 is 11.8 Å². The summed E-state index contributed by atoms with van der Waals surface area (Å²) in [4.78, 5) is 21.1. The van der Waals surface area contributed by atoms with Crippen molar-refractivity contribution in [2.24, 2.45) is 0 Å². The van der Waals surface area contributed by atoms with Crippen molar-refractivity contribution in [2.45, 2.75) is 23.8 Å². The third-order valence-corrected chi connectivity index (χ3v) is 5.07. The predicted octanol–water partition coefficient (Wildman–Crippen LogP) is 3.50. The number of nitrogens with one attached hydrogen (secondary N) is 1. The minimum Gasteiger partial charge on any atom is -0.486 e. The summed E-state index contributed by atoms with van der Waals surface area (Å²) in [6.45, 7) is 2.98. The molecule has 1 amide bonds. The maximum absolute atomic E-state index is 12.6. The first-order valence-corrected chi connectivity index (χ1v) is 9.19. The lowest BCUT2D eigenvalue weighted by atomic mass is 10.2. The van der Waals surface area contributed by atoms with E-state index in [0.717, 1.165) is 0 Å². The lowest BCUT2D eigenvalue weighted by Gasteiger charge is -2.19. The number of carbonyl (C=O) groups is 1. The van der Waals surface area contributed by atoms with Gasteiger partial charge in [-0.1, -0.05) is 18.7 Å². The molecule has 0 fully saturated rings. The summed E-state index contributed by atoms with van der Waals surface area (Å²) in [7, 11) is 0. The fourth-order valence-electron chi connectivity index (χ4n) is 2.59. The molecule has 0 saturated carbocycles. The van der Waals surface area contributed by atoms with E-state index in [2.05, 4.69) is 15.3 Å². The van der Waals surface area contributed by atoms with Gasteiger partial charge in [0.05, 0.1) is 5.25 Å². The van der Waals surface area contributed by atoms with E-state index in [1.54, 1.807) is 36.5 Å². The van der Waals surface area contributed by atoms with E-state index in [9.17, 15) is 4.79 Å². The van der Waals surface area contributed by atoms with E-state index < -0.39 is 0 Å². The van der Waals surface area contributed by atoms with E-state index >= 15 is 0 Å². The average Bonchev–Trinajstić information content (AvgIpc) is 3.08. The zero-order valence-electron chi connectivity index (χ0n) is 14.1. The SMILES string of the molecule is CC[C@@H](Sc1nc2ncccc2o1)C(=O)Nc1ccc2c(c1)OCCO2. The first-order valence-electron chi connectivity index (χ1n) is 8.31. The molecular formula is C18H17N3O4S. The molecule has 0 bridgehead atoms. The number of thioether (sulfide) groups is 1. The van der Waals surface area contributed by atoms with Crippen LogP contribution in [0.2, 0.25) is 0 Å². The van der Waals surface area contributed by atoms with Crippen LogP contribution in [0.5, 0.6) is 11.5 Å². The number of fused-ring (bicyclic) bond motifs is 2. The van der Waals surface area contributed by atoms with Crippen LogP contribution in [-0.4, -0.2) is 34.3 Å². The number of oxazole rings is 1. The van der Waals surface area contributed by atoms with Gasteiger partial charge in [0.2, 0.25) is 5.91 Å². The van der Waals surface area contributed by atoms with Crippen molar-refractivity contribution >= 4 is 34.6 Å². The lowest BCUT2D eigenvalue weighted by molar-refractivity contribution is -0.115. The second kappa shape index (κ2) is 7.25. The molecule has 0 saturated heterocycles. The number of amides is 1. The fraction of sp³-hybridized carbons (Fsp3) is 0.278. The number of hydrogen-bond donors (Lipinski definition) is 1. The van der Waals surface area contributed by atoms with Gasteiger partial charge >= 0.3 is 0 Å². The molecule has 1 atom stereocenters. The Kier molecular flexibility index (Phi) is 4.66. The number of rotatable bonds is 5. The molecular weight excluding hydrogens is 354 g/mol. The van der Waals surface area contributed by atoms with Crippen molar-refractivity contribution < 1.29 is 18.7 Å². The van der Waals surface area contributed by atoms with Gasteiger partial charge in [-0.05, 0) is 30.7 Å². The second-order valence-corrected chi connectivity index (χ2v) is 6.82. The summed E-state index contributed by atoms with van der Waals surface area (Å²) in [6.07, 6.45) is 2.29. The van der Waals surface area contributed by atoms with Gasteiger partial charge < -0.3 is 19.2 Å². The van der Waals surface area contributed by atoms with E-state index in [-0.39, 0.29) is 11.2 Å². The number of anilines is 1. The fourth-order valence-corrected chi connectivity index (χ4v) is 3.44. The Morgan fingerprint density at radius 2 is 2.12 bits per heavy atom. The number of benzene rings is 1. The standard InChI is InChI=1S/C18H17N3O4S/c1-2-15(26-18-21-16-13(25-18)4-3-7-19-16)17(22)20-11-5-6-12-14(10-11)24-9-8-23-12/h3-7,10,15H,2,8-9H2,1H3,(H,20,22)/t15-/m1/s1. The minimum atomic E-state index is -0.337. The zero-order valence-corrected chi connectivity index (χ0v) is 14.9. The van der Waals surface area contributed by atoms with Crippen molar-refractivity contribution in [3.63, 3.8) is 0 Å². The van der Waals surface area contributed by atoms with Gasteiger partial charge in [0, 0.05) is 18.0 Å². The molecule has 134 valence electrons. The van der Waals surface area contributed by atoms with Crippen LogP contribution in [0.15, 0.2) is 46.2 Å². The van der Waals surface area contributed by atoms with Gasteiger partial charge in [-0.25, -0.2) is 4.98 Å². The van der Waals surface area contributed by atoms with Gasteiger partial charge in [0.25, 0.3) is 5.22 Å². The van der Waals surface area contributed by atoms with E-state index in [0.29, 0.717) is 53.3 Å². The van der Waals surface area contributed by atoms with Crippen molar-refractivity contribution in [1.29, 1.82) is 0 Å². The van der Waals surface area contributed by atoms with Gasteiger partial charge in [0.15, 0.2) is 22.7 Å². The molecule has 26 heavy (non-hydrogen) atoms. The summed E-state index contributed by atoms with van der Waals surface area (Å²) in [5.74, 6) is 1.21. The monoisotopic (exact) mass is 371 g/mol.